The van der Waals surface area contributed by atoms with Gasteiger partial charge >= 0.3 is 11.9 Å². The first-order valence-electron chi connectivity index (χ1n) is 12.3. The van der Waals surface area contributed by atoms with Gasteiger partial charge in [0, 0.05) is 44.5 Å². The summed E-state index contributed by atoms with van der Waals surface area (Å²) in [6, 6.07) is 21.6. The number of carbonyl (C=O) groups is 3. The molecule has 194 valence electrons. The first kappa shape index (κ1) is 25.7. The smallest absolute Gasteiger partial charge is 0.338 e. The van der Waals surface area contributed by atoms with Gasteiger partial charge < -0.3 is 14.2 Å². The Morgan fingerprint density at radius 2 is 1.33 bits per heavy atom. The molecule has 1 aliphatic rings. The summed E-state index contributed by atoms with van der Waals surface area (Å²) < 4.78 is 17.2. The minimum atomic E-state index is -0.594. The van der Waals surface area contributed by atoms with Crippen LogP contribution in [0.4, 0.5) is 0 Å². The molecule has 0 heterocycles. The first-order valence-corrected chi connectivity index (χ1v) is 12.3. The highest BCUT2D eigenvalue weighted by Gasteiger charge is 2.35. The number of hydrogen-bond acceptors (Lipinski definition) is 6. The predicted molar refractivity (Wildman–Crippen MR) is 149 cm³/mol. The normalized spacial score (nSPS) is 13.7. The lowest BCUT2D eigenvalue weighted by Crippen LogP contribution is -2.22. The highest BCUT2D eigenvalue weighted by atomic mass is 16.5. The average Bonchev–Trinajstić information content (AvgIpc) is 2.94. The van der Waals surface area contributed by atoms with Gasteiger partial charge in [-0.1, -0.05) is 67.8 Å². The number of methoxy groups -OCH3 is 1. The number of hydrogen-bond donors (Lipinski definition) is 0. The van der Waals surface area contributed by atoms with Gasteiger partial charge in [-0.25, -0.2) is 9.59 Å². The van der Waals surface area contributed by atoms with Crippen molar-refractivity contribution in [2.45, 2.75) is 19.8 Å². The number of ketones is 1. The molecule has 0 aromatic heterocycles. The van der Waals surface area contributed by atoms with Crippen molar-refractivity contribution in [3.05, 3.63) is 125 Å². The van der Waals surface area contributed by atoms with Crippen molar-refractivity contribution < 1.29 is 28.6 Å². The molecule has 1 aliphatic carbocycles. The van der Waals surface area contributed by atoms with Crippen molar-refractivity contribution in [1.82, 2.24) is 0 Å². The molecule has 0 spiro atoms. The maximum absolute atomic E-state index is 13.6. The zero-order valence-electron chi connectivity index (χ0n) is 21.9. The van der Waals surface area contributed by atoms with Crippen molar-refractivity contribution in [1.29, 1.82) is 0 Å². The summed E-state index contributed by atoms with van der Waals surface area (Å²) >= 11 is 0. The fraction of sp³-hybridized carbons (Fsp3) is 0.121. The maximum atomic E-state index is 13.6. The second kappa shape index (κ2) is 10.1. The fourth-order valence-electron chi connectivity index (χ4n) is 4.83. The van der Waals surface area contributed by atoms with E-state index in [-0.39, 0.29) is 22.7 Å². The minimum Gasteiger partial charge on any atom is -0.497 e. The minimum absolute atomic E-state index is 0.133. The molecule has 6 nitrogen and oxygen atoms in total. The van der Waals surface area contributed by atoms with E-state index in [0.29, 0.717) is 44.5 Å². The number of carbonyl (C=O) groups excluding carboxylic acids is 3. The van der Waals surface area contributed by atoms with E-state index < -0.39 is 17.9 Å². The molecule has 0 saturated carbocycles. The second-order valence-corrected chi connectivity index (χ2v) is 9.48. The highest BCUT2D eigenvalue weighted by Crippen LogP contribution is 2.49. The summed E-state index contributed by atoms with van der Waals surface area (Å²) in [6.45, 7) is 10.6. The molecule has 0 aliphatic heterocycles. The lowest BCUT2D eigenvalue weighted by Gasteiger charge is -2.30. The molecule has 0 radical (unpaired) electrons. The van der Waals surface area contributed by atoms with Gasteiger partial charge in [0.15, 0.2) is 5.78 Å². The van der Waals surface area contributed by atoms with E-state index in [0.717, 1.165) is 5.56 Å². The number of esters is 2. The van der Waals surface area contributed by atoms with Crippen LogP contribution in [0.2, 0.25) is 0 Å². The topological polar surface area (TPSA) is 78.9 Å². The molecular weight excluding hydrogens is 492 g/mol. The molecule has 4 aromatic rings. The van der Waals surface area contributed by atoms with Gasteiger partial charge in [-0.05, 0) is 43.2 Å². The Balaban J connectivity index is 1.87. The summed E-state index contributed by atoms with van der Waals surface area (Å²) in [5, 5.41) is 1.15. The molecule has 0 saturated heterocycles. The Labute approximate surface area is 226 Å². The molecule has 39 heavy (non-hydrogen) atoms. The Kier molecular flexibility index (Phi) is 6.62. The van der Waals surface area contributed by atoms with Crippen molar-refractivity contribution in [3.63, 3.8) is 0 Å². The van der Waals surface area contributed by atoms with Gasteiger partial charge in [0.05, 0.1) is 7.11 Å². The van der Waals surface area contributed by atoms with Crippen LogP contribution in [0.5, 0.6) is 17.2 Å². The Bertz CT molecular complexity index is 1710. The molecule has 0 fully saturated rings. The van der Waals surface area contributed by atoms with Gasteiger partial charge in [-0.2, -0.15) is 0 Å². The van der Waals surface area contributed by atoms with Crippen LogP contribution in [-0.4, -0.2) is 24.8 Å². The quantitative estimate of drug-likeness (QED) is 0.144. The van der Waals surface area contributed by atoms with E-state index in [1.807, 2.05) is 24.3 Å². The Morgan fingerprint density at radius 1 is 0.718 bits per heavy atom. The fourth-order valence-corrected chi connectivity index (χ4v) is 4.83. The largest absolute Gasteiger partial charge is 0.497 e. The molecule has 1 atom stereocenters. The highest BCUT2D eigenvalue weighted by molar-refractivity contribution is 6.13. The van der Waals surface area contributed by atoms with E-state index in [4.69, 9.17) is 14.2 Å². The predicted octanol–water partition coefficient (Wildman–Crippen LogP) is 6.54. The van der Waals surface area contributed by atoms with Crippen LogP contribution < -0.4 is 14.2 Å². The first-order chi connectivity index (χ1) is 18.7. The van der Waals surface area contributed by atoms with Crippen LogP contribution in [-0.2, 0) is 9.59 Å². The number of ether oxygens (including phenoxy) is 3. The van der Waals surface area contributed by atoms with Crippen LogP contribution in [0.25, 0.3) is 10.8 Å². The van der Waals surface area contributed by atoms with E-state index in [1.54, 1.807) is 69.5 Å². The van der Waals surface area contributed by atoms with Gasteiger partial charge in [-0.15, -0.1) is 0 Å². The third kappa shape index (κ3) is 4.50. The molecular formula is C33H26O6. The summed E-state index contributed by atoms with van der Waals surface area (Å²) in [7, 11) is 1.54. The monoisotopic (exact) mass is 518 g/mol. The van der Waals surface area contributed by atoms with Crippen molar-refractivity contribution >= 4 is 28.5 Å². The van der Waals surface area contributed by atoms with Crippen LogP contribution in [0.15, 0.2) is 97.1 Å². The van der Waals surface area contributed by atoms with Crippen molar-refractivity contribution in [3.8, 4) is 17.2 Å². The maximum Gasteiger partial charge on any atom is 0.338 e. The lowest BCUT2D eigenvalue weighted by atomic mass is 9.73. The molecule has 0 bridgehead atoms. The van der Waals surface area contributed by atoms with E-state index in [9.17, 15) is 14.4 Å². The molecule has 1 unspecified atom stereocenters. The van der Waals surface area contributed by atoms with E-state index in [1.165, 1.54) is 0 Å². The van der Waals surface area contributed by atoms with E-state index in [2.05, 4.69) is 13.2 Å². The van der Waals surface area contributed by atoms with Gasteiger partial charge in [0.1, 0.15) is 17.2 Å². The SMILES string of the molecule is C=C(C)C(=O)Oc1cc(C2c3ccccc3C(=O)c3cc(OC)ccc32)c(OC(=O)C(=C)C)c2ccccc12. The molecule has 0 amide bonds. The number of benzene rings is 4. The average molecular weight is 519 g/mol. The summed E-state index contributed by atoms with van der Waals surface area (Å²) in [6.07, 6.45) is 0. The van der Waals surface area contributed by atoms with Gasteiger partial charge in [0.2, 0.25) is 0 Å². The molecule has 6 heteroatoms. The Morgan fingerprint density at radius 3 is 2.03 bits per heavy atom. The number of rotatable bonds is 6. The lowest BCUT2D eigenvalue weighted by molar-refractivity contribution is -0.131. The van der Waals surface area contributed by atoms with E-state index >= 15 is 0 Å². The molecule has 0 N–H and O–H groups in total. The standard InChI is InChI=1S/C33H26O6/c1-18(2)32(35)38-28-17-27(31(39-33(36)19(3)4)25-13-9-6-10-21(25)28)29-22-11-7-8-12-24(22)30(34)26-16-20(37-5)14-15-23(26)29/h6-17,29H,1,3H2,2,4-5H3. The van der Waals surface area contributed by atoms with Gasteiger partial charge in [-0.3, -0.25) is 4.79 Å². The zero-order valence-corrected chi connectivity index (χ0v) is 21.9. The van der Waals surface area contributed by atoms with Crippen LogP contribution in [0, 0.1) is 0 Å². The zero-order chi connectivity index (χ0) is 27.8. The van der Waals surface area contributed by atoms with Gasteiger partial charge in [0.25, 0.3) is 0 Å². The second-order valence-electron chi connectivity index (χ2n) is 9.48. The van der Waals surface area contributed by atoms with Crippen LogP contribution in [0.1, 0.15) is 52.4 Å². The van der Waals surface area contributed by atoms with Crippen LogP contribution in [0.3, 0.4) is 0 Å². The summed E-state index contributed by atoms with van der Waals surface area (Å²) in [5.41, 5.74) is 3.47. The van der Waals surface area contributed by atoms with Crippen molar-refractivity contribution in [2.75, 3.05) is 7.11 Å². The van der Waals surface area contributed by atoms with Crippen molar-refractivity contribution in [2.24, 2.45) is 0 Å². The molecule has 5 rings (SSSR count). The summed E-state index contributed by atoms with van der Waals surface area (Å²) in [5.74, 6) is -0.711. The third-order valence-corrected chi connectivity index (χ3v) is 6.72. The number of fused-ring (bicyclic) bond motifs is 3. The van der Waals surface area contributed by atoms with Crippen LogP contribution >= 0.6 is 0 Å². The Hall–Kier alpha value is -4.97. The molecule has 4 aromatic carbocycles. The third-order valence-electron chi connectivity index (χ3n) is 6.72. The summed E-state index contributed by atoms with van der Waals surface area (Å²) in [4.78, 5) is 39.1.